The zero-order chi connectivity index (χ0) is 13.5. The minimum Gasteiger partial charge on any atom is -0.382 e. The summed E-state index contributed by atoms with van der Waals surface area (Å²) in [6.45, 7) is 0. The molecule has 96 valence electrons. The molecule has 0 heterocycles. The first-order chi connectivity index (χ1) is 8.62. The summed E-state index contributed by atoms with van der Waals surface area (Å²) < 4.78 is 12.8. The molecule has 18 heavy (non-hydrogen) atoms. The van der Waals surface area contributed by atoms with Gasteiger partial charge in [-0.2, -0.15) is 0 Å². The monoisotopic (exact) mass is 249 g/mol. The number of anilines is 1. The average Bonchev–Trinajstić information content (AvgIpc) is 2.40. The van der Waals surface area contributed by atoms with Gasteiger partial charge in [0.05, 0.1) is 0 Å². The second kappa shape index (κ2) is 6.48. The van der Waals surface area contributed by atoms with Crippen LogP contribution in [0, 0.1) is 5.82 Å². The van der Waals surface area contributed by atoms with E-state index < -0.39 is 0 Å². The van der Waals surface area contributed by atoms with Crippen LogP contribution in [0.2, 0.25) is 0 Å². The Bertz CT molecular complexity index is 488. The normalized spacial score (nSPS) is 13.7. The lowest BCUT2D eigenvalue weighted by Crippen LogP contribution is -2.35. The summed E-state index contributed by atoms with van der Waals surface area (Å²) in [6, 6.07) is 5.92. The van der Waals surface area contributed by atoms with E-state index >= 15 is 0 Å². The van der Waals surface area contributed by atoms with E-state index in [0.29, 0.717) is 17.2 Å². The van der Waals surface area contributed by atoms with Crippen LogP contribution in [-0.2, 0) is 0 Å². The Morgan fingerprint density at radius 1 is 1.06 bits per heavy atom. The quantitative estimate of drug-likeness (QED) is 0.626. The number of aliphatic imine (C=N–C) groups is 3. The van der Waals surface area contributed by atoms with Crippen LogP contribution in [0.3, 0.4) is 0 Å². The minimum absolute atomic E-state index is 0.285. The second-order valence-electron chi connectivity index (χ2n) is 3.39. The summed E-state index contributed by atoms with van der Waals surface area (Å²) in [6.07, 6.45) is 0. The standard InChI is InChI=1S/C12H16FN5/c1-15-10(11(14)16-2)12(17-3)18-9-6-4-8(13)5-7-9/h4-7H,1-3H3,(H2,14,16)(H,17,18). The fourth-order valence-electron chi connectivity index (χ4n) is 1.34. The molecule has 5 nitrogen and oxygen atoms in total. The number of nitrogens with one attached hydrogen (secondary N) is 1. The Morgan fingerprint density at radius 2 is 1.67 bits per heavy atom. The second-order valence-corrected chi connectivity index (χ2v) is 3.39. The van der Waals surface area contributed by atoms with E-state index in [9.17, 15) is 4.39 Å². The molecule has 0 aromatic heterocycles. The number of benzene rings is 1. The summed E-state index contributed by atoms with van der Waals surface area (Å²) in [4.78, 5) is 12.0. The van der Waals surface area contributed by atoms with Crippen LogP contribution in [-0.4, -0.2) is 38.5 Å². The molecule has 0 amide bonds. The van der Waals surface area contributed by atoms with E-state index in [2.05, 4.69) is 20.3 Å². The maximum absolute atomic E-state index is 12.8. The van der Waals surface area contributed by atoms with E-state index in [-0.39, 0.29) is 11.7 Å². The maximum atomic E-state index is 12.8. The van der Waals surface area contributed by atoms with Gasteiger partial charge in [0.25, 0.3) is 0 Å². The van der Waals surface area contributed by atoms with Crippen molar-refractivity contribution in [2.75, 3.05) is 26.5 Å². The fourth-order valence-corrected chi connectivity index (χ4v) is 1.34. The van der Waals surface area contributed by atoms with Crippen LogP contribution in [0.15, 0.2) is 39.2 Å². The number of amidine groups is 2. The molecule has 1 aromatic carbocycles. The molecule has 0 saturated heterocycles. The molecular formula is C12H16FN5. The highest BCUT2D eigenvalue weighted by Gasteiger charge is 2.11. The van der Waals surface area contributed by atoms with Crippen molar-refractivity contribution in [2.24, 2.45) is 20.7 Å². The van der Waals surface area contributed by atoms with E-state index in [1.807, 2.05) is 0 Å². The number of rotatable bonds is 3. The molecule has 0 bridgehead atoms. The largest absolute Gasteiger partial charge is 0.382 e. The molecular weight excluding hydrogens is 233 g/mol. The van der Waals surface area contributed by atoms with Gasteiger partial charge >= 0.3 is 0 Å². The summed E-state index contributed by atoms with van der Waals surface area (Å²) in [5, 5.41) is 3.01. The first-order valence-electron chi connectivity index (χ1n) is 5.31. The maximum Gasteiger partial charge on any atom is 0.154 e. The summed E-state index contributed by atoms with van der Waals surface area (Å²) >= 11 is 0. The molecule has 0 spiro atoms. The van der Waals surface area contributed by atoms with E-state index in [1.54, 1.807) is 33.3 Å². The van der Waals surface area contributed by atoms with Crippen LogP contribution < -0.4 is 11.1 Å². The van der Waals surface area contributed by atoms with Gasteiger partial charge in [-0.25, -0.2) is 4.39 Å². The zero-order valence-electron chi connectivity index (χ0n) is 10.6. The number of nitrogens with two attached hydrogens (primary N) is 1. The molecule has 0 unspecified atom stereocenters. The minimum atomic E-state index is -0.297. The molecule has 0 atom stereocenters. The van der Waals surface area contributed by atoms with Crippen molar-refractivity contribution in [1.82, 2.24) is 0 Å². The topological polar surface area (TPSA) is 75.1 Å². The molecule has 0 radical (unpaired) electrons. The van der Waals surface area contributed by atoms with Gasteiger partial charge in [-0.3, -0.25) is 15.0 Å². The first-order valence-corrected chi connectivity index (χ1v) is 5.31. The highest BCUT2D eigenvalue weighted by molar-refractivity contribution is 6.69. The number of hydrogen-bond donors (Lipinski definition) is 2. The third-order valence-electron chi connectivity index (χ3n) is 2.26. The smallest absolute Gasteiger partial charge is 0.154 e. The predicted molar refractivity (Wildman–Crippen MR) is 74.3 cm³/mol. The van der Waals surface area contributed by atoms with Crippen molar-refractivity contribution in [1.29, 1.82) is 0 Å². The van der Waals surface area contributed by atoms with Crippen LogP contribution in [0.4, 0.5) is 10.1 Å². The van der Waals surface area contributed by atoms with Crippen LogP contribution in [0.25, 0.3) is 0 Å². The molecule has 0 aliphatic heterocycles. The van der Waals surface area contributed by atoms with Crippen LogP contribution in [0.1, 0.15) is 0 Å². The fraction of sp³-hybridized carbons (Fsp3) is 0.250. The lowest BCUT2D eigenvalue weighted by molar-refractivity contribution is 0.628. The van der Waals surface area contributed by atoms with Gasteiger partial charge in [-0.1, -0.05) is 0 Å². The number of hydrogen-bond acceptors (Lipinski definition) is 3. The van der Waals surface area contributed by atoms with E-state index in [0.717, 1.165) is 0 Å². The van der Waals surface area contributed by atoms with Crippen molar-refractivity contribution in [2.45, 2.75) is 0 Å². The van der Waals surface area contributed by atoms with Crippen molar-refractivity contribution in [3.63, 3.8) is 0 Å². The summed E-state index contributed by atoms with van der Waals surface area (Å²) in [5.74, 6) is 0.467. The van der Waals surface area contributed by atoms with Crippen molar-refractivity contribution < 1.29 is 4.39 Å². The van der Waals surface area contributed by atoms with E-state index in [1.165, 1.54) is 12.1 Å². The third-order valence-corrected chi connectivity index (χ3v) is 2.26. The Balaban J connectivity index is 2.96. The number of halogens is 1. The highest BCUT2D eigenvalue weighted by Crippen LogP contribution is 2.08. The van der Waals surface area contributed by atoms with Crippen LogP contribution in [0.5, 0.6) is 0 Å². The Morgan fingerprint density at radius 3 is 2.11 bits per heavy atom. The predicted octanol–water partition coefficient (Wildman–Crippen LogP) is 1.32. The molecule has 1 aromatic rings. The third kappa shape index (κ3) is 3.38. The molecule has 6 heteroatoms. The Labute approximate surface area is 105 Å². The molecule has 0 saturated carbocycles. The van der Waals surface area contributed by atoms with Gasteiger partial charge in [0.15, 0.2) is 5.84 Å². The molecule has 0 aliphatic carbocycles. The van der Waals surface area contributed by atoms with Crippen molar-refractivity contribution in [3.05, 3.63) is 30.1 Å². The molecule has 0 aliphatic rings. The highest BCUT2D eigenvalue weighted by atomic mass is 19.1. The molecule has 1 rings (SSSR count). The lowest BCUT2D eigenvalue weighted by Gasteiger charge is -2.11. The molecule has 0 fully saturated rings. The van der Waals surface area contributed by atoms with Gasteiger partial charge in [0.1, 0.15) is 17.4 Å². The SMILES string of the molecule is CN=C(N)C(=NC)C(=NC)Nc1ccc(F)cc1. The Hall–Kier alpha value is -2.24. The average molecular weight is 249 g/mol. The van der Waals surface area contributed by atoms with Gasteiger partial charge in [-0.05, 0) is 24.3 Å². The van der Waals surface area contributed by atoms with Gasteiger partial charge in [0.2, 0.25) is 0 Å². The van der Waals surface area contributed by atoms with Gasteiger partial charge in [0, 0.05) is 26.8 Å². The lowest BCUT2D eigenvalue weighted by atomic mass is 10.2. The van der Waals surface area contributed by atoms with E-state index in [4.69, 9.17) is 5.73 Å². The first kappa shape index (κ1) is 13.8. The Kier molecular flexibility index (Phi) is 4.98. The van der Waals surface area contributed by atoms with Crippen LogP contribution >= 0.6 is 0 Å². The van der Waals surface area contributed by atoms with Gasteiger partial charge in [-0.15, -0.1) is 0 Å². The zero-order valence-corrected chi connectivity index (χ0v) is 10.6. The summed E-state index contributed by atoms with van der Waals surface area (Å²) in [5.41, 5.74) is 6.88. The summed E-state index contributed by atoms with van der Waals surface area (Å²) in [7, 11) is 4.79. The van der Waals surface area contributed by atoms with Crippen molar-refractivity contribution in [3.8, 4) is 0 Å². The van der Waals surface area contributed by atoms with Gasteiger partial charge < -0.3 is 11.1 Å². The number of nitrogens with zero attached hydrogens (tertiary/aromatic N) is 3. The van der Waals surface area contributed by atoms with Crippen molar-refractivity contribution >= 4 is 23.1 Å². The molecule has 3 N–H and O–H groups in total.